The Morgan fingerprint density at radius 2 is 1.86 bits per heavy atom. The van der Waals surface area contributed by atoms with Crippen LogP contribution in [0.2, 0.25) is 0 Å². The number of nitrogens with zero attached hydrogens (tertiary/aromatic N) is 3. The molecule has 6 nitrogen and oxygen atoms in total. The van der Waals surface area contributed by atoms with Crippen molar-refractivity contribution in [1.82, 2.24) is 14.8 Å². The minimum absolute atomic E-state index is 0.0433. The number of nitrogens with one attached hydrogen (secondary N) is 1. The molecule has 0 fully saturated rings. The Balaban J connectivity index is 2.23. The average molecular weight is 413 g/mol. The van der Waals surface area contributed by atoms with Gasteiger partial charge in [0.25, 0.3) is 0 Å². The number of hydrogen-bond donors (Lipinski definition) is 3. The van der Waals surface area contributed by atoms with Crippen molar-refractivity contribution in [2.75, 3.05) is 18.5 Å². The van der Waals surface area contributed by atoms with Crippen LogP contribution >= 0.6 is 12.2 Å². The third-order valence-electron chi connectivity index (χ3n) is 5.27. The molecule has 2 aromatic carbocycles. The van der Waals surface area contributed by atoms with Crippen LogP contribution < -0.4 is 4.90 Å². The second-order valence-electron chi connectivity index (χ2n) is 7.45. The van der Waals surface area contributed by atoms with Crippen LogP contribution in [0.25, 0.3) is 17.1 Å². The molecule has 1 heterocycles. The van der Waals surface area contributed by atoms with Crippen LogP contribution in [-0.4, -0.2) is 38.6 Å². The number of phenolic OH excluding ortho intramolecular Hbond substituents is 2. The minimum Gasteiger partial charge on any atom is -0.508 e. The molecule has 1 aromatic heterocycles. The van der Waals surface area contributed by atoms with E-state index in [-0.39, 0.29) is 17.4 Å². The van der Waals surface area contributed by atoms with Crippen LogP contribution in [0.15, 0.2) is 30.3 Å². The van der Waals surface area contributed by atoms with Crippen LogP contribution in [0.1, 0.15) is 44.7 Å². The van der Waals surface area contributed by atoms with Crippen molar-refractivity contribution in [2.45, 2.75) is 40.0 Å². The monoisotopic (exact) mass is 412 g/mol. The summed E-state index contributed by atoms with van der Waals surface area (Å²) in [5.41, 5.74) is 4.52. The lowest BCUT2D eigenvalue weighted by atomic mass is 9.98. The summed E-state index contributed by atoms with van der Waals surface area (Å²) in [6.45, 7) is 9.12. The van der Waals surface area contributed by atoms with Crippen molar-refractivity contribution < 1.29 is 10.2 Å². The standard InChI is InChI=1S/C22H28N4O2S/c1-6-14-8-9-15(10-18(14)25(5)7-2)26-21(23-24-22(26)29)17-11-16(13(3)4)19(27)12-20(17)28/h8-13,27-28H,6-7H2,1-5H3,(H,24,29). The number of aromatic hydroxyl groups is 2. The molecule has 0 aliphatic carbocycles. The molecule has 0 saturated heterocycles. The second kappa shape index (κ2) is 8.29. The van der Waals surface area contributed by atoms with E-state index in [1.54, 1.807) is 6.07 Å². The maximum atomic E-state index is 10.5. The molecule has 0 aliphatic rings. The van der Waals surface area contributed by atoms with Gasteiger partial charge in [0.15, 0.2) is 10.6 Å². The lowest BCUT2D eigenvalue weighted by molar-refractivity contribution is 0.444. The largest absolute Gasteiger partial charge is 0.508 e. The number of rotatable bonds is 6. The smallest absolute Gasteiger partial charge is 0.200 e. The molecule has 0 atom stereocenters. The van der Waals surface area contributed by atoms with E-state index in [0.29, 0.717) is 16.2 Å². The van der Waals surface area contributed by atoms with Crippen LogP contribution in [0.4, 0.5) is 5.69 Å². The van der Waals surface area contributed by atoms with Crippen molar-refractivity contribution in [3.05, 3.63) is 46.2 Å². The first-order chi connectivity index (χ1) is 13.8. The van der Waals surface area contributed by atoms with Gasteiger partial charge in [0.1, 0.15) is 11.5 Å². The maximum absolute atomic E-state index is 10.5. The molecule has 0 amide bonds. The fraction of sp³-hybridized carbons (Fsp3) is 0.364. The number of H-pyrrole nitrogens is 1. The van der Waals surface area contributed by atoms with Crippen molar-refractivity contribution in [1.29, 1.82) is 0 Å². The molecular formula is C22H28N4O2S. The minimum atomic E-state index is -0.0433. The SMILES string of the molecule is CCc1ccc(-n2c(-c3cc(C(C)C)c(O)cc3O)n[nH]c2=S)cc1N(C)CC. The molecule has 3 N–H and O–H groups in total. The Labute approximate surface area is 176 Å². The summed E-state index contributed by atoms with van der Waals surface area (Å²) in [6, 6.07) is 9.35. The first-order valence-electron chi connectivity index (χ1n) is 9.86. The third kappa shape index (κ3) is 3.87. The van der Waals surface area contributed by atoms with Crippen molar-refractivity contribution >= 4 is 17.9 Å². The van der Waals surface area contributed by atoms with Gasteiger partial charge in [0.05, 0.1) is 11.3 Å². The normalized spacial score (nSPS) is 11.2. The number of aryl methyl sites for hydroxylation is 1. The Morgan fingerprint density at radius 1 is 1.14 bits per heavy atom. The third-order valence-corrected chi connectivity index (χ3v) is 5.55. The number of benzene rings is 2. The van der Waals surface area contributed by atoms with Gasteiger partial charge < -0.3 is 15.1 Å². The lowest BCUT2D eigenvalue weighted by Gasteiger charge is -2.22. The van der Waals surface area contributed by atoms with E-state index in [0.717, 1.165) is 29.9 Å². The van der Waals surface area contributed by atoms with E-state index in [4.69, 9.17) is 12.2 Å². The molecule has 0 spiro atoms. The highest BCUT2D eigenvalue weighted by Gasteiger charge is 2.19. The maximum Gasteiger partial charge on any atom is 0.200 e. The molecule has 154 valence electrons. The van der Waals surface area contributed by atoms with Gasteiger partial charge in [0, 0.05) is 25.3 Å². The number of phenols is 2. The molecule has 7 heteroatoms. The number of aromatic nitrogens is 3. The van der Waals surface area contributed by atoms with Crippen LogP contribution in [0.3, 0.4) is 0 Å². The summed E-state index contributed by atoms with van der Waals surface area (Å²) >= 11 is 5.51. The zero-order chi connectivity index (χ0) is 21.3. The van der Waals surface area contributed by atoms with E-state index >= 15 is 0 Å². The Kier molecular flexibility index (Phi) is 5.98. The summed E-state index contributed by atoms with van der Waals surface area (Å²) in [5, 5.41) is 27.9. The molecule has 3 aromatic rings. The fourth-order valence-electron chi connectivity index (χ4n) is 3.47. The molecule has 29 heavy (non-hydrogen) atoms. The number of hydrogen-bond acceptors (Lipinski definition) is 5. The topological polar surface area (TPSA) is 77.3 Å². The zero-order valence-corrected chi connectivity index (χ0v) is 18.3. The molecule has 3 rings (SSSR count). The fourth-order valence-corrected chi connectivity index (χ4v) is 3.71. The predicted octanol–water partition coefficient (Wildman–Crippen LogP) is 5.15. The highest BCUT2D eigenvalue weighted by Crippen LogP contribution is 2.38. The van der Waals surface area contributed by atoms with Crippen LogP contribution in [-0.2, 0) is 6.42 Å². The van der Waals surface area contributed by atoms with Gasteiger partial charge in [-0.15, -0.1) is 0 Å². The summed E-state index contributed by atoms with van der Waals surface area (Å²) in [7, 11) is 2.06. The predicted molar refractivity (Wildman–Crippen MR) is 120 cm³/mol. The van der Waals surface area contributed by atoms with Crippen molar-refractivity contribution in [3.63, 3.8) is 0 Å². The van der Waals surface area contributed by atoms with E-state index in [1.165, 1.54) is 11.6 Å². The van der Waals surface area contributed by atoms with E-state index in [9.17, 15) is 10.2 Å². The Hall–Kier alpha value is -2.80. The highest BCUT2D eigenvalue weighted by atomic mass is 32.1. The van der Waals surface area contributed by atoms with Crippen molar-refractivity contribution in [2.24, 2.45) is 0 Å². The molecular weight excluding hydrogens is 384 g/mol. The number of anilines is 1. The highest BCUT2D eigenvalue weighted by molar-refractivity contribution is 7.71. The zero-order valence-electron chi connectivity index (χ0n) is 17.5. The average Bonchev–Trinajstić information content (AvgIpc) is 3.07. The molecule has 0 radical (unpaired) electrons. The van der Waals surface area contributed by atoms with Crippen LogP contribution in [0.5, 0.6) is 11.5 Å². The van der Waals surface area contributed by atoms with Gasteiger partial charge in [-0.3, -0.25) is 9.67 Å². The van der Waals surface area contributed by atoms with Gasteiger partial charge in [-0.25, -0.2) is 0 Å². The molecule has 0 bridgehead atoms. The summed E-state index contributed by atoms with van der Waals surface area (Å²) in [5.74, 6) is 0.626. The number of aromatic amines is 1. The van der Waals surface area contributed by atoms with E-state index < -0.39 is 0 Å². The van der Waals surface area contributed by atoms with Gasteiger partial charge in [-0.1, -0.05) is 26.8 Å². The van der Waals surface area contributed by atoms with Gasteiger partial charge in [0.2, 0.25) is 0 Å². The Morgan fingerprint density at radius 3 is 2.48 bits per heavy atom. The second-order valence-corrected chi connectivity index (χ2v) is 7.84. The molecule has 0 unspecified atom stereocenters. The quantitative estimate of drug-likeness (QED) is 0.488. The van der Waals surface area contributed by atoms with Gasteiger partial charge in [-0.2, -0.15) is 5.10 Å². The summed E-state index contributed by atoms with van der Waals surface area (Å²) in [4.78, 5) is 2.20. The lowest BCUT2D eigenvalue weighted by Crippen LogP contribution is -2.18. The van der Waals surface area contributed by atoms with Gasteiger partial charge in [-0.05, 0) is 60.8 Å². The summed E-state index contributed by atoms with van der Waals surface area (Å²) < 4.78 is 2.26. The summed E-state index contributed by atoms with van der Waals surface area (Å²) in [6.07, 6.45) is 0.931. The van der Waals surface area contributed by atoms with E-state index in [2.05, 4.69) is 48.1 Å². The van der Waals surface area contributed by atoms with Gasteiger partial charge >= 0.3 is 0 Å². The molecule has 0 saturated carbocycles. The first-order valence-corrected chi connectivity index (χ1v) is 10.3. The first kappa shape index (κ1) is 20.9. The molecule has 0 aliphatic heterocycles. The van der Waals surface area contributed by atoms with E-state index in [1.807, 2.05) is 24.5 Å². The Bertz CT molecular complexity index is 1080. The van der Waals surface area contributed by atoms with Crippen LogP contribution in [0, 0.1) is 4.77 Å². The van der Waals surface area contributed by atoms with Crippen molar-refractivity contribution in [3.8, 4) is 28.6 Å².